The van der Waals surface area contributed by atoms with E-state index in [9.17, 15) is 0 Å². The lowest BCUT2D eigenvalue weighted by Crippen LogP contribution is -2.35. The Hall–Kier alpha value is -0.280. The number of alkyl halides is 1. The van der Waals surface area contributed by atoms with Crippen molar-refractivity contribution < 1.29 is 0 Å². The molecule has 1 aromatic heterocycles. The van der Waals surface area contributed by atoms with E-state index < -0.39 is 0 Å². The zero-order valence-corrected chi connectivity index (χ0v) is 11.0. The number of aromatic nitrogens is 1. The molecule has 15 heavy (non-hydrogen) atoms. The van der Waals surface area contributed by atoms with E-state index in [2.05, 4.69) is 32.9 Å². The van der Waals surface area contributed by atoms with Crippen LogP contribution < -0.4 is 4.90 Å². The van der Waals surface area contributed by atoms with E-state index in [1.165, 1.54) is 0 Å². The Morgan fingerprint density at radius 3 is 2.80 bits per heavy atom. The van der Waals surface area contributed by atoms with Gasteiger partial charge in [0.05, 0.1) is 0 Å². The van der Waals surface area contributed by atoms with Crippen molar-refractivity contribution in [3.8, 4) is 0 Å². The molecule has 0 unspecified atom stereocenters. The predicted octanol–water partition coefficient (Wildman–Crippen LogP) is 3.30. The lowest BCUT2D eigenvalue weighted by molar-refractivity contribution is 0.328. The average molecular weight is 290 g/mol. The zero-order chi connectivity index (χ0) is 10.8. The number of hydrogen-bond donors (Lipinski definition) is 0. The molecular weight excluding hydrogens is 275 g/mol. The fourth-order valence-corrected chi connectivity index (χ4v) is 2.62. The van der Waals surface area contributed by atoms with Crippen molar-refractivity contribution >= 4 is 33.3 Å². The van der Waals surface area contributed by atoms with Crippen LogP contribution in [0.3, 0.4) is 0 Å². The van der Waals surface area contributed by atoms with Gasteiger partial charge in [0.1, 0.15) is 5.82 Å². The lowest BCUT2D eigenvalue weighted by Gasteiger charge is -2.34. The largest absolute Gasteiger partial charge is 0.359 e. The minimum absolute atomic E-state index is 0.404. The molecule has 0 radical (unpaired) electrons. The molecule has 0 spiro atoms. The molecule has 0 aromatic carbocycles. The van der Waals surface area contributed by atoms with Crippen molar-refractivity contribution in [1.29, 1.82) is 0 Å². The highest BCUT2D eigenvalue weighted by Crippen LogP contribution is 2.32. The van der Waals surface area contributed by atoms with Crippen molar-refractivity contribution in [3.63, 3.8) is 0 Å². The summed E-state index contributed by atoms with van der Waals surface area (Å²) in [5.74, 6) is 1.76. The summed E-state index contributed by atoms with van der Waals surface area (Å²) in [6, 6.07) is 4.05. The minimum atomic E-state index is 0.404. The molecule has 1 aromatic rings. The highest BCUT2D eigenvalue weighted by molar-refractivity contribution is 9.10. The highest BCUT2D eigenvalue weighted by Gasteiger charge is 2.28. The van der Waals surface area contributed by atoms with Crippen LogP contribution in [0.25, 0.3) is 0 Å². The van der Waals surface area contributed by atoms with Crippen molar-refractivity contribution in [2.75, 3.05) is 18.5 Å². The molecular formula is C11H14BrClN2. The molecule has 1 saturated carbocycles. The van der Waals surface area contributed by atoms with Crippen molar-refractivity contribution in [3.05, 3.63) is 22.8 Å². The van der Waals surface area contributed by atoms with Crippen LogP contribution >= 0.6 is 27.5 Å². The Bertz CT molecular complexity index is 322. The maximum atomic E-state index is 5.95. The van der Waals surface area contributed by atoms with Crippen LogP contribution in [-0.2, 0) is 0 Å². The summed E-state index contributed by atoms with van der Waals surface area (Å²) in [4.78, 5) is 6.55. The van der Waals surface area contributed by atoms with Crippen LogP contribution in [-0.4, -0.2) is 24.0 Å². The number of nitrogens with zero attached hydrogens (tertiary/aromatic N) is 2. The molecule has 1 aliphatic rings. The van der Waals surface area contributed by atoms with Gasteiger partial charge in [-0.15, -0.1) is 11.6 Å². The van der Waals surface area contributed by atoms with Crippen LogP contribution in [0.1, 0.15) is 12.8 Å². The van der Waals surface area contributed by atoms with E-state index in [1.54, 1.807) is 0 Å². The first kappa shape index (κ1) is 11.2. The summed E-state index contributed by atoms with van der Waals surface area (Å²) in [5.41, 5.74) is 0. The third kappa shape index (κ3) is 2.85. The third-order valence-corrected chi connectivity index (χ3v) is 3.64. The Labute approximate surface area is 104 Å². The van der Waals surface area contributed by atoms with Crippen LogP contribution in [0.5, 0.6) is 0 Å². The molecule has 0 N–H and O–H groups in total. The first-order valence-corrected chi connectivity index (χ1v) is 6.35. The van der Waals surface area contributed by atoms with E-state index in [1.807, 2.05) is 18.3 Å². The van der Waals surface area contributed by atoms with Gasteiger partial charge < -0.3 is 4.90 Å². The van der Waals surface area contributed by atoms with Gasteiger partial charge in [-0.1, -0.05) is 0 Å². The van der Waals surface area contributed by atoms with E-state index in [0.29, 0.717) is 5.38 Å². The van der Waals surface area contributed by atoms with E-state index >= 15 is 0 Å². The summed E-state index contributed by atoms with van der Waals surface area (Å²) in [6.07, 6.45) is 4.11. The van der Waals surface area contributed by atoms with E-state index in [4.69, 9.17) is 11.6 Å². The molecule has 82 valence electrons. The van der Waals surface area contributed by atoms with E-state index in [0.717, 1.165) is 35.6 Å². The molecule has 1 fully saturated rings. The quantitative estimate of drug-likeness (QED) is 0.794. The minimum Gasteiger partial charge on any atom is -0.359 e. The Morgan fingerprint density at radius 2 is 2.27 bits per heavy atom. The summed E-state index contributed by atoms with van der Waals surface area (Å²) < 4.78 is 1.02. The molecule has 1 aliphatic carbocycles. The summed E-state index contributed by atoms with van der Waals surface area (Å²) >= 11 is 9.33. The van der Waals surface area contributed by atoms with Gasteiger partial charge in [0.2, 0.25) is 0 Å². The second-order valence-corrected chi connectivity index (χ2v) is 5.68. The maximum Gasteiger partial charge on any atom is 0.128 e. The fraction of sp³-hybridized carbons (Fsp3) is 0.545. The summed E-state index contributed by atoms with van der Waals surface area (Å²) in [6.45, 7) is 1.05. The van der Waals surface area contributed by atoms with Gasteiger partial charge in [-0.25, -0.2) is 4.98 Å². The summed E-state index contributed by atoms with van der Waals surface area (Å²) in [7, 11) is 2.08. The summed E-state index contributed by atoms with van der Waals surface area (Å²) in [5, 5.41) is 0.404. The number of halogens is 2. The molecule has 0 atom stereocenters. The number of anilines is 1. The Balaban J connectivity index is 1.90. The standard InChI is InChI=1S/C11H14BrClN2/c1-15(7-8-4-10(13)5-8)11-3-2-9(12)6-14-11/h2-3,6,8,10H,4-5,7H2,1H3. The second kappa shape index (κ2) is 4.71. The molecule has 1 heterocycles. The Kier molecular flexibility index (Phi) is 3.52. The van der Waals surface area contributed by atoms with Gasteiger partial charge in [-0.2, -0.15) is 0 Å². The maximum absolute atomic E-state index is 5.95. The van der Waals surface area contributed by atoms with Gasteiger partial charge >= 0.3 is 0 Å². The number of pyridine rings is 1. The second-order valence-electron chi connectivity index (χ2n) is 4.15. The van der Waals surface area contributed by atoms with Crippen molar-refractivity contribution in [1.82, 2.24) is 4.98 Å². The topological polar surface area (TPSA) is 16.1 Å². The third-order valence-electron chi connectivity index (χ3n) is 2.81. The molecule has 0 aliphatic heterocycles. The number of rotatable bonds is 3. The van der Waals surface area contributed by atoms with Crippen LogP contribution in [0.2, 0.25) is 0 Å². The molecule has 0 bridgehead atoms. The van der Waals surface area contributed by atoms with Crippen LogP contribution in [0.15, 0.2) is 22.8 Å². The van der Waals surface area contributed by atoms with Crippen LogP contribution in [0.4, 0.5) is 5.82 Å². The lowest BCUT2D eigenvalue weighted by atomic mass is 9.84. The molecule has 2 rings (SSSR count). The highest BCUT2D eigenvalue weighted by atomic mass is 79.9. The first-order valence-electron chi connectivity index (χ1n) is 5.12. The average Bonchev–Trinajstić information content (AvgIpc) is 2.16. The van der Waals surface area contributed by atoms with Gasteiger partial charge in [0.15, 0.2) is 0 Å². The van der Waals surface area contributed by atoms with Gasteiger partial charge in [0, 0.05) is 29.6 Å². The number of hydrogen-bond acceptors (Lipinski definition) is 2. The van der Waals surface area contributed by atoms with Gasteiger partial charge in [-0.3, -0.25) is 0 Å². The zero-order valence-electron chi connectivity index (χ0n) is 8.66. The van der Waals surface area contributed by atoms with E-state index in [-0.39, 0.29) is 0 Å². The van der Waals surface area contributed by atoms with Gasteiger partial charge in [0.25, 0.3) is 0 Å². The monoisotopic (exact) mass is 288 g/mol. The molecule has 0 saturated heterocycles. The molecule has 0 amide bonds. The Morgan fingerprint density at radius 1 is 1.53 bits per heavy atom. The first-order chi connectivity index (χ1) is 7.15. The fourth-order valence-electron chi connectivity index (χ4n) is 1.88. The predicted molar refractivity (Wildman–Crippen MR) is 67.6 cm³/mol. The smallest absolute Gasteiger partial charge is 0.128 e. The van der Waals surface area contributed by atoms with Crippen molar-refractivity contribution in [2.24, 2.45) is 5.92 Å². The van der Waals surface area contributed by atoms with Crippen LogP contribution in [0, 0.1) is 5.92 Å². The molecule has 2 nitrogen and oxygen atoms in total. The van der Waals surface area contributed by atoms with Crippen molar-refractivity contribution in [2.45, 2.75) is 18.2 Å². The molecule has 4 heteroatoms. The SMILES string of the molecule is CN(CC1CC(Cl)C1)c1ccc(Br)cn1. The van der Waals surface area contributed by atoms with Gasteiger partial charge in [-0.05, 0) is 46.8 Å². The normalized spacial score (nSPS) is 24.7.